The molecule has 6 nitrogen and oxygen atoms in total. The third kappa shape index (κ3) is 4.36. The van der Waals surface area contributed by atoms with Gasteiger partial charge in [-0.15, -0.1) is 0 Å². The highest BCUT2D eigenvalue weighted by atomic mass is 19.1. The van der Waals surface area contributed by atoms with Crippen molar-refractivity contribution in [2.45, 2.75) is 26.2 Å². The smallest absolute Gasteiger partial charge is 0.272 e. The Bertz CT molecular complexity index is 1400. The molecule has 0 aliphatic carbocycles. The van der Waals surface area contributed by atoms with E-state index in [2.05, 4.69) is 10.1 Å². The molecule has 1 fully saturated rings. The minimum absolute atomic E-state index is 0.232. The molecule has 180 valence electrons. The van der Waals surface area contributed by atoms with Crippen molar-refractivity contribution in [2.24, 2.45) is 0 Å². The van der Waals surface area contributed by atoms with Gasteiger partial charge in [0, 0.05) is 43.2 Å². The molecule has 1 aliphatic rings. The molecule has 1 saturated heterocycles. The van der Waals surface area contributed by atoms with Crippen LogP contribution in [0.5, 0.6) is 0 Å². The number of benzene rings is 2. The average Bonchev–Trinajstić information content (AvgIpc) is 3.29. The summed E-state index contributed by atoms with van der Waals surface area (Å²) in [5.74, 6) is -0.911. The van der Waals surface area contributed by atoms with Crippen LogP contribution in [0.1, 0.15) is 37.0 Å². The second kappa shape index (κ2) is 8.76. The number of aromatic nitrogens is 3. The molecule has 0 radical (unpaired) electrons. The first-order chi connectivity index (χ1) is 16.7. The number of piperazine rings is 1. The van der Waals surface area contributed by atoms with Crippen molar-refractivity contribution in [2.75, 3.05) is 31.1 Å². The lowest BCUT2D eigenvalue weighted by atomic mass is 9.93. The molecule has 2 aromatic carbocycles. The lowest BCUT2D eigenvalue weighted by Crippen LogP contribution is -2.49. The van der Waals surface area contributed by atoms with Crippen LogP contribution in [-0.4, -0.2) is 51.6 Å². The van der Waals surface area contributed by atoms with Crippen LogP contribution in [0.4, 0.5) is 14.5 Å². The summed E-state index contributed by atoms with van der Waals surface area (Å²) in [6, 6.07) is 16.5. The van der Waals surface area contributed by atoms with E-state index in [9.17, 15) is 13.6 Å². The third-order valence-electron chi connectivity index (χ3n) is 6.32. The highest BCUT2D eigenvalue weighted by Gasteiger charge is 2.27. The van der Waals surface area contributed by atoms with Crippen LogP contribution in [0.3, 0.4) is 0 Å². The number of anilines is 1. The van der Waals surface area contributed by atoms with Gasteiger partial charge in [-0.25, -0.2) is 18.3 Å². The van der Waals surface area contributed by atoms with Crippen LogP contribution in [0.25, 0.3) is 16.9 Å². The van der Waals surface area contributed by atoms with E-state index < -0.39 is 5.82 Å². The molecule has 0 saturated carbocycles. The van der Waals surface area contributed by atoms with Crippen LogP contribution < -0.4 is 4.90 Å². The fourth-order valence-corrected chi connectivity index (χ4v) is 4.33. The van der Waals surface area contributed by atoms with Gasteiger partial charge in [0.15, 0.2) is 5.65 Å². The Morgan fingerprint density at radius 3 is 2.20 bits per heavy atom. The Labute approximate surface area is 202 Å². The third-order valence-corrected chi connectivity index (χ3v) is 6.32. The summed E-state index contributed by atoms with van der Waals surface area (Å²) >= 11 is 0. The standard InChI is InChI=1S/C27H27F2N5O/c1-27(2,3)24-17-25-30-21(16-23(34(25)31-24)18-8-4-5-9-19(18)28)26(35)33-14-12-32(13-15-33)22-11-7-6-10-20(22)29/h4-11,16-17H,12-15H2,1-3H3. The summed E-state index contributed by atoms with van der Waals surface area (Å²) in [6.07, 6.45) is 0. The second-order valence-corrected chi connectivity index (χ2v) is 9.79. The normalized spacial score (nSPS) is 14.5. The van der Waals surface area contributed by atoms with Crippen molar-refractivity contribution in [3.8, 4) is 11.3 Å². The van der Waals surface area contributed by atoms with Crippen molar-refractivity contribution in [1.82, 2.24) is 19.5 Å². The molecule has 0 bridgehead atoms. The summed E-state index contributed by atoms with van der Waals surface area (Å²) in [4.78, 5) is 21.7. The summed E-state index contributed by atoms with van der Waals surface area (Å²) in [7, 11) is 0. The zero-order valence-corrected chi connectivity index (χ0v) is 20.0. The fraction of sp³-hybridized carbons (Fsp3) is 0.296. The Kier molecular flexibility index (Phi) is 5.75. The maximum atomic E-state index is 14.8. The quantitative estimate of drug-likeness (QED) is 0.422. The summed E-state index contributed by atoms with van der Waals surface area (Å²) in [6.45, 7) is 8.00. The van der Waals surface area contributed by atoms with Crippen molar-refractivity contribution in [1.29, 1.82) is 0 Å². The van der Waals surface area contributed by atoms with Gasteiger partial charge in [-0.2, -0.15) is 5.10 Å². The van der Waals surface area contributed by atoms with Crippen LogP contribution in [0, 0.1) is 11.6 Å². The van der Waals surface area contributed by atoms with Gasteiger partial charge in [0.2, 0.25) is 0 Å². The van der Waals surface area contributed by atoms with Gasteiger partial charge >= 0.3 is 0 Å². The van der Waals surface area contributed by atoms with E-state index in [4.69, 9.17) is 0 Å². The van der Waals surface area contributed by atoms with E-state index in [1.165, 1.54) is 12.1 Å². The number of carbonyl (C=O) groups is 1. The van der Waals surface area contributed by atoms with E-state index in [0.29, 0.717) is 48.8 Å². The first-order valence-corrected chi connectivity index (χ1v) is 11.7. The molecule has 8 heteroatoms. The Hall–Kier alpha value is -3.81. The Balaban J connectivity index is 1.49. The number of rotatable bonds is 3. The van der Waals surface area contributed by atoms with E-state index in [-0.39, 0.29) is 22.8 Å². The molecule has 1 amide bonds. The number of hydrogen-bond acceptors (Lipinski definition) is 4. The number of hydrogen-bond donors (Lipinski definition) is 0. The molecule has 5 rings (SSSR count). The maximum Gasteiger partial charge on any atom is 0.272 e. The van der Waals surface area contributed by atoms with Gasteiger partial charge in [0.1, 0.15) is 17.3 Å². The molecule has 0 atom stereocenters. The Morgan fingerprint density at radius 2 is 1.54 bits per heavy atom. The van der Waals surface area contributed by atoms with E-state index in [1.807, 2.05) is 31.7 Å². The lowest BCUT2D eigenvalue weighted by molar-refractivity contribution is 0.0741. The van der Waals surface area contributed by atoms with Crippen LogP contribution in [-0.2, 0) is 5.41 Å². The Morgan fingerprint density at radius 1 is 0.886 bits per heavy atom. The number of nitrogens with zero attached hydrogens (tertiary/aromatic N) is 5. The zero-order valence-electron chi connectivity index (χ0n) is 20.0. The van der Waals surface area contributed by atoms with E-state index in [1.54, 1.807) is 51.9 Å². The molecular formula is C27H27F2N5O. The van der Waals surface area contributed by atoms with Crippen LogP contribution in [0.2, 0.25) is 0 Å². The predicted octanol–water partition coefficient (Wildman–Crippen LogP) is 4.93. The van der Waals surface area contributed by atoms with Crippen LogP contribution >= 0.6 is 0 Å². The molecule has 0 N–H and O–H groups in total. The molecule has 1 aliphatic heterocycles. The number of amides is 1. The molecular weight excluding hydrogens is 448 g/mol. The first-order valence-electron chi connectivity index (χ1n) is 11.7. The first kappa shape index (κ1) is 23.0. The van der Waals surface area contributed by atoms with Crippen molar-refractivity contribution in [3.63, 3.8) is 0 Å². The summed E-state index contributed by atoms with van der Waals surface area (Å²) in [5.41, 5.74) is 2.63. The molecule has 4 aromatic rings. The van der Waals surface area contributed by atoms with E-state index >= 15 is 0 Å². The van der Waals surface area contributed by atoms with Crippen LogP contribution in [0.15, 0.2) is 60.7 Å². The highest BCUT2D eigenvalue weighted by molar-refractivity contribution is 5.94. The van der Waals surface area contributed by atoms with Gasteiger partial charge in [0.05, 0.1) is 17.1 Å². The number of carbonyl (C=O) groups excluding carboxylic acids is 1. The zero-order chi connectivity index (χ0) is 24.7. The van der Waals surface area contributed by atoms with Gasteiger partial charge in [-0.05, 0) is 30.3 Å². The maximum absolute atomic E-state index is 14.8. The summed E-state index contributed by atoms with van der Waals surface area (Å²) in [5, 5.41) is 4.69. The molecule has 3 heterocycles. The van der Waals surface area contributed by atoms with Gasteiger partial charge < -0.3 is 9.80 Å². The van der Waals surface area contributed by atoms with Crippen molar-refractivity contribution >= 4 is 17.2 Å². The number of halogens is 2. The second-order valence-electron chi connectivity index (χ2n) is 9.79. The molecule has 2 aromatic heterocycles. The average molecular weight is 476 g/mol. The van der Waals surface area contributed by atoms with Gasteiger partial charge in [0.25, 0.3) is 5.91 Å². The lowest BCUT2D eigenvalue weighted by Gasteiger charge is -2.36. The number of fused-ring (bicyclic) bond motifs is 1. The molecule has 35 heavy (non-hydrogen) atoms. The van der Waals surface area contributed by atoms with Gasteiger partial charge in [-0.1, -0.05) is 45.0 Å². The monoisotopic (exact) mass is 475 g/mol. The fourth-order valence-electron chi connectivity index (χ4n) is 4.33. The minimum atomic E-state index is -0.398. The van der Waals surface area contributed by atoms with Crippen molar-refractivity contribution in [3.05, 3.63) is 83.7 Å². The van der Waals surface area contributed by atoms with E-state index in [0.717, 1.165) is 5.69 Å². The van der Waals surface area contributed by atoms with Crippen molar-refractivity contribution < 1.29 is 13.6 Å². The minimum Gasteiger partial charge on any atom is -0.366 e. The topological polar surface area (TPSA) is 53.7 Å². The molecule has 0 unspecified atom stereocenters. The predicted molar refractivity (Wildman–Crippen MR) is 132 cm³/mol. The summed E-state index contributed by atoms with van der Waals surface area (Å²) < 4.78 is 30.6. The SMILES string of the molecule is CC(C)(C)c1cc2nc(C(=O)N3CCN(c4ccccc4F)CC3)cc(-c3ccccc3F)n2n1. The molecule has 0 spiro atoms. The largest absolute Gasteiger partial charge is 0.366 e. The van der Waals surface area contributed by atoms with Gasteiger partial charge in [-0.3, -0.25) is 4.79 Å². The number of para-hydroxylation sites is 1. The highest BCUT2D eigenvalue weighted by Crippen LogP contribution is 2.28.